The topological polar surface area (TPSA) is 84.6 Å². The highest BCUT2D eigenvalue weighted by Crippen LogP contribution is 2.35. The fraction of sp³-hybridized carbons (Fsp3) is 0.400. The van der Waals surface area contributed by atoms with E-state index in [4.69, 9.17) is 4.74 Å². The van der Waals surface area contributed by atoms with Gasteiger partial charge >= 0.3 is 5.69 Å². The van der Waals surface area contributed by atoms with Gasteiger partial charge in [0, 0.05) is 6.54 Å². The first kappa shape index (κ1) is 14.8. The molecule has 1 unspecified atom stereocenters. The molecule has 0 aliphatic rings. The molecular weight excluding hydrogens is 311 g/mol. The number of benzene rings is 1. The maximum absolute atomic E-state index is 13.0. The smallest absolute Gasteiger partial charge is 0.315 e. The van der Waals surface area contributed by atoms with E-state index in [1.165, 1.54) is 0 Å². The Morgan fingerprint density at radius 1 is 1.67 bits per heavy atom. The molecule has 8 heteroatoms. The third kappa shape index (κ3) is 3.90. The lowest BCUT2D eigenvalue weighted by Crippen LogP contribution is -2.29. The van der Waals surface area contributed by atoms with E-state index in [1.807, 2.05) is 0 Å². The monoisotopic (exact) mass is 322 g/mol. The van der Waals surface area contributed by atoms with Crippen molar-refractivity contribution in [3.63, 3.8) is 0 Å². The van der Waals surface area contributed by atoms with Gasteiger partial charge in [0.15, 0.2) is 0 Å². The van der Waals surface area contributed by atoms with Gasteiger partial charge in [-0.25, -0.2) is 4.39 Å². The Morgan fingerprint density at radius 2 is 2.33 bits per heavy atom. The highest BCUT2D eigenvalue weighted by Gasteiger charge is 2.21. The molecule has 18 heavy (non-hydrogen) atoms. The van der Waals surface area contributed by atoms with Crippen LogP contribution in [0.1, 0.15) is 0 Å². The van der Waals surface area contributed by atoms with Gasteiger partial charge in [-0.15, -0.1) is 0 Å². The summed E-state index contributed by atoms with van der Waals surface area (Å²) in [4.78, 5) is 10.0. The number of aliphatic hydroxyl groups is 1. The minimum Gasteiger partial charge on any atom is -0.483 e. The molecule has 0 saturated heterocycles. The standard InChI is InChI=1S/C10H12BrFN2O4/c1-13-4-7(15)5-18-10-8(11)2-6(12)3-9(10)14(16)17/h2-3,7,13,15H,4-5H2,1H3. The minimum absolute atomic E-state index is 0.100. The molecule has 1 aromatic carbocycles. The van der Waals surface area contributed by atoms with Crippen LogP contribution < -0.4 is 10.1 Å². The summed E-state index contributed by atoms with van der Waals surface area (Å²) in [6.07, 6.45) is -0.813. The number of hydrogen-bond donors (Lipinski definition) is 2. The second kappa shape index (κ2) is 6.62. The fourth-order valence-electron chi connectivity index (χ4n) is 1.30. The maximum Gasteiger partial charge on any atom is 0.315 e. The summed E-state index contributed by atoms with van der Waals surface area (Å²) in [6, 6.07) is 1.83. The van der Waals surface area contributed by atoms with Crippen LogP contribution in [0.5, 0.6) is 5.75 Å². The molecule has 1 aromatic rings. The van der Waals surface area contributed by atoms with E-state index in [2.05, 4.69) is 21.2 Å². The van der Waals surface area contributed by atoms with Crippen molar-refractivity contribution in [2.24, 2.45) is 0 Å². The molecule has 100 valence electrons. The average Bonchev–Trinajstić information content (AvgIpc) is 2.27. The van der Waals surface area contributed by atoms with Crippen LogP contribution in [0, 0.1) is 15.9 Å². The SMILES string of the molecule is CNCC(O)COc1c(Br)cc(F)cc1[N+](=O)[O-]. The van der Waals surface area contributed by atoms with Gasteiger partial charge in [-0.2, -0.15) is 0 Å². The van der Waals surface area contributed by atoms with Crippen molar-refractivity contribution in [2.75, 3.05) is 20.2 Å². The van der Waals surface area contributed by atoms with Crippen LogP contribution in [0.15, 0.2) is 16.6 Å². The molecule has 2 N–H and O–H groups in total. The first-order valence-corrected chi connectivity index (χ1v) is 5.84. The zero-order valence-corrected chi connectivity index (χ0v) is 11.1. The van der Waals surface area contributed by atoms with Gasteiger partial charge in [0.1, 0.15) is 18.5 Å². The van der Waals surface area contributed by atoms with Gasteiger partial charge in [-0.3, -0.25) is 10.1 Å². The first-order valence-electron chi connectivity index (χ1n) is 5.04. The Kier molecular flexibility index (Phi) is 5.45. The Balaban J connectivity index is 2.90. The molecule has 0 aliphatic heterocycles. The quantitative estimate of drug-likeness (QED) is 0.611. The van der Waals surface area contributed by atoms with Crippen LogP contribution in [-0.4, -0.2) is 36.3 Å². The van der Waals surface area contributed by atoms with E-state index in [0.717, 1.165) is 12.1 Å². The van der Waals surface area contributed by atoms with E-state index in [0.29, 0.717) is 0 Å². The Labute approximate surface area is 111 Å². The number of ether oxygens (including phenoxy) is 1. The highest BCUT2D eigenvalue weighted by molar-refractivity contribution is 9.10. The molecule has 0 aromatic heterocycles. The van der Waals surface area contributed by atoms with Gasteiger partial charge in [0.25, 0.3) is 0 Å². The molecule has 1 rings (SSSR count). The van der Waals surface area contributed by atoms with Crippen LogP contribution in [-0.2, 0) is 0 Å². The normalized spacial score (nSPS) is 12.2. The molecule has 6 nitrogen and oxygen atoms in total. The molecule has 0 aliphatic carbocycles. The summed E-state index contributed by atoms with van der Waals surface area (Å²) in [5.41, 5.74) is -0.487. The van der Waals surface area contributed by atoms with Gasteiger partial charge < -0.3 is 15.2 Å². The van der Waals surface area contributed by atoms with E-state index in [9.17, 15) is 19.6 Å². The van der Waals surface area contributed by atoms with E-state index >= 15 is 0 Å². The number of nitrogens with one attached hydrogen (secondary N) is 1. The number of nitro groups is 1. The molecule has 0 fully saturated rings. The lowest BCUT2D eigenvalue weighted by Gasteiger charge is -2.13. The molecular formula is C10H12BrFN2O4. The number of likely N-dealkylation sites (N-methyl/N-ethyl adjacent to an activating group) is 1. The molecule has 0 heterocycles. The second-order valence-corrected chi connectivity index (χ2v) is 4.37. The highest BCUT2D eigenvalue weighted by atomic mass is 79.9. The maximum atomic E-state index is 13.0. The second-order valence-electron chi connectivity index (χ2n) is 3.52. The number of hydrogen-bond acceptors (Lipinski definition) is 5. The summed E-state index contributed by atoms with van der Waals surface area (Å²) < 4.78 is 18.3. The number of rotatable bonds is 6. The van der Waals surface area contributed by atoms with Crippen molar-refractivity contribution in [3.8, 4) is 5.75 Å². The number of nitrogens with zero attached hydrogens (tertiary/aromatic N) is 1. The molecule has 0 radical (unpaired) electrons. The summed E-state index contributed by atoms with van der Waals surface area (Å²) in [5, 5.41) is 22.9. The van der Waals surface area contributed by atoms with Crippen LogP contribution in [0.25, 0.3) is 0 Å². The first-order chi connectivity index (χ1) is 8.45. The van der Waals surface area contributed by atoms with Crippen molar-refractivity contribution in [1.82, 2.24) is 5.32 Å². The van der Waals surface area contributed by atoms with Crippen molar-refractivity contribution in [2.45, 2.75) is 6.10 Å². The minimum atomic E-state index is -0.813. The molecule has 0 bridgehead atoms. The zero-order chi connectivity index (χ0) is 13.7. The van der Waals surface area contributed by atoms with Crippen LogP contribution >= 0.6 is 15.9 Å². The van der Waals surface area contributed by atoms with Gasteiger partial charge in [-0.1, -0.05) is 0 Å². The van der Waals surface area contributed by atoms with Gasteiger partial charge in [0.2, 0.25) is 5.75 Å². The third-order valence-electron chi connectivity index (χ3n) is 2.05. The lowest BCUT2D eigenvalue weighted by molar-refractivity contribution is -0.386. The molecule has 0 spiro atoms. The van der Waals surface area contributed by atoms with E-state index in [-0.39, 0.29) is 23.4 Å². The predicted molar refractivity (Wildman–Crippen MR) is 66.2 cm³/mol. The molecule has 1 atom stereocenters. The summed E-state index contributed by atoms with van der Waals surface area (Å²) >= 11 is 2.99. The van der Waals surface area contributed by atoms with E-state index < -0.39 is 22.5 Å². The van der Waals surface area contributed by atoms with Crippen molar-refractivity contribution < 1.29 is 19.2 Å². The zero-order valence-electron chi connectivity index (χ0n) is 9.52. The Hall–Kier alpha value is -1.25. The average molecular weight is 323 g/mol. The molecule has 0 saturated carbocycles. The van der Waals surface area contributed by atoms with Crippen LogP contribution in [0.4, 0.5) is 10.1 Å². The Morgan fingerprint density at radius 3 is 2.89 bits per heavy atom. The summed E-state index contributed by atoms with van der Waals surface area (Å²) in [5.74, 6) is -0.840. The van der Waals surface area contributed by atoms with Gasteiger partial charge in [0.05, 0.1) is 15.5 Å². The largest absolute Gasteiger partial charge is 0.483 e. The number of halogens is 2. The molecule has 0 amide bonds. The van der Waals surface area contributed by atoms with E-state index in [1.54, 1.807) is 7.05 Å². The number of nitro benzene ring substituents is 1. The summed E-state index contributed by atoms with van der Waals surface area (Å²) in [7, 11) is 1.65. The number of aliphatic hydroxyl groups excluding tert-OH is 1. The predicted octanol–water partition coefficient (Wildman–Crippen LogP) is 1.46. The fourth-order valence-corrected chi connectivity index (χ4v) is 1.84. The third-order valence-corrected chi connectivity index (χ3v) is 2.63. The lowest BCUT2D eigenvalue weighted by atomic mass is 10.3. The summed E-state index contributed by atoms with van der Waals surface area (Å²) in [6.45, 7) is 0.151. The van der Waals surface area contributed by atoms with Crippen molar-refractivity contribution in [1.29, 1.82) is 0 Å². The van der Waals surface area contributed by atoms with Crippen molar-refractivity contribution >= 4 is 21.6 Å². The Bertz CT molecular complexity index is 444. The van der Waals surface area contributed by atoms with Crippen LogP contribution in [0.2, 0.25) is 0 Å². The van der Waals surface area contributed by atoms with Crippen molar-refractivity contribution in [3.05, 3.63) is 32.5 Å². The van der Waals surface area contributed by atoms with Crippen LogP contribution in [0.3, 0.4) is 0 Å². The van der Waals surface area contributed by atoms with Gasteiger partial charge in [-0.05, 0) is 29.0 Å².